The molecule has 5 heteroatoms. The molecular formula is C13H17N3O2. The predicted molar refractivity (Wildman–Crippen MR) is 67.4 cm³/mol. The minimum atomic E-state index is -0.298. The summed E-state index contributed by atoms with van der Waals surface area (Å²) in [6.07, 6.45) is 0. The quantitative estimate of drug-likeness (QED) is 0.737. The zero-order valence-corrected chi connectivity index (χ0v) is 10.3. The molecule has 0 saturated carbocycles. The van der Waals surface area contributed by atoms with E-state index >= 15 is 0 Å². The molecule has 1 fully saturated rings. The summed E-state index contributed by atoms with van der Waals surface area (Å²) in [6.45, 7) is 3.06. The predicted octanol–water partition coefficient (Wildman–Crippen LogP) is -0.00780. The fourth-order valence-electron chi connectivity index (χ4n) is 2.09. The van der Waals surface area contributed by atoms with Crippen LogP contribution in [0.4, 0.5) is 0 Å². The Balaban J connectivity index is 2.17. The van der Waals surface area contributed by atoms with E-state index in [1.54, 1.807) is 6.92 Å². The first-order chi connectivity index (χ1) is 8.61. The van der Waals surface area contributed by atoms with Crippen LogP contribution in [0, 0.1) is 0 Å². The van der Waals surface area contributed by atoms with Crippen molar-refractivity contribution in [3.63, 3.8) is 0 Å². The summed E-state index contributed by atoms with van der Waals surface area (Å²) in [5.41, 5.74) is 7.79. The summed E-state index contributed by atoms with van der Waals surface area (Å²) in [7, 11) is 0. The Morgan fingerprint density at radius 1 is 1.33 bits per heavy atom. The first-order valence-corrected chi connectivity index (χ1v) is 5.96. The number of amides is 2. The monoisotopic (exact) mass is 247 g/mol. The van der Waals surface area contributed by atoms with Crippen molar-refractivity contribution in [1.82, 2.24) is 10.2 Å². The van der Waals surface area contributed by atoms with Gasteiger partial charge in [-0.25, -0.2) is 0 Å². The molecule has 96 valence electrons. The van der Waals surface area contributed by atoms with Gasteiger partial charge in [0.05, 0.1) is 12.6 Å². The molecule has 1 saturated heterocycles. The van der Waals surface area contributed by atoms with E-state index in [2.05, 4.69) is 5.32 Å². The standard InChI is InChI=1S/C13H17N3O2/c1-9-13(18)15-12(17)8-16(9)7-11-5-3-2-4-10(11)6-14/h2-5,9H,6-8,14H2,1H3,(H,15,17,18). The molecule has 1 atom stereocenters. The van der Waals surface area contributed by atoms with Crippen LogP contribution in [0.5, 0.6) is 0 Å². The second-order valence-corrected chi connectivity index (χ2v) is 4.47. The van der Waals surface area contributed by atoms with Gasteiger partial charge in [0.25, 0.3) is 0 Å². The molecule has 1 unspecified atom stereocenters. The van der Waals surface area contributed by atoms with Crippen LogP contribution in [-0.4, -0.2) is 29.3 Å². The van der Waals surface area contributed by atoms with Gasteiger partial charge in [0.15, 0.2) is 0 Å². The van der Waals surface area contributed by atoms with Gasteiger partial charge in [0.1, 0.15) is 0 Å². The summed E-state index contributed by atoms with van der Waals surface area (Å²) < 4.78 is 0. The van der Waals surface area contributed by atoms with Crippen molar-refractivity contribution >= 4 is 11.8 Å². The van der Waals surface area contributed by atoms with Crippen molar-refractivity contribution in [2.75, 3.05) is 6.54 Å². The highest BCUT2D eigenvalue weighted by Crippen LogP contribution is 2.14. The summed E-state index contributed by atoms with van der Waals surface area (Å²) in [6, 6.07) is 7.51. The highest BCUT2D eigenvalue weighted by molar-refractivity contribution is 6.00. The molecule has 1 aromatic rings. The SMILES string of the molecule is CC1C(=O)NC(=O)CN1Cc1ccccc1CN. The zero-order chi connectivity index (χ0) is 13.1. The van der Waals surface area contributed by atoms with Gasteiger partial charge in [0.2, 0.25) is 11.8 Å². The molecule has 1 aromatic carbocycles. The molecule has 1 heterocycles. The third-order valence-electron chi connectivity index (χ3n) is 3.25. The molecule has 0 aromatic heterocycles. The minimum absolute atomic E-state index is 0.239. The van der Waals surface area contributed by atoms with Crippen LogP contribution in [0.1, 0.15) is 18.1 Å². The van der Waals surface area contributed by atoms with Crippen molar-refractivity contribution < 1.29 is 9.59 Å². The summed E-state index contributed by atoms with van der Waals surface area (Å²) in [5.74, 6) is -0.486. The van der Waals surface area contributed by atoms with Crippen LogP contribution >= 0.6 is 0 Å². The third kappa shape index (κ3) is 2.57. The second kappa shape index (κ2) is 5.29. The molecule has 0 aliphatic carbocycles. The molecule has 1 aliphatic rings. The number of hydrogen-bond acceptors (Lipinski definition) is 4. The van der Waals surface area contributed by atoms with E-state index in [1.807, 2.05) is 29.2 Å². The van der Waals surface area contributed by atoms with Gasteiger partial charge in [-0.05, 0) is 18.1 Å². The maximum Gasteiger partial charge on any atom is 0.243 e. The number of piperazine rings is 1. The lowest BCUT2D eigenvalue weighted by atomic mass is 10.1. The first kappa shape index (κ1) is 12.7. The normalized spacial score (nSPS) is 20.9. The zero-order valence-electron chi connectivity index (χ0n) is 10.3. The summed E-state index contributed by atoms with van der Waals surface area (Å²) in [4.78, 5) is 24.8. The molecular weight excluding hydrogens is 230 g/mol. The van der Waals surface area contributed by atoms with Crippen LogP contribution in [0.2, 0.25) is 0 Å². The molecule has 5 nitrogen and oxygen atoms in total. The van der Waals surface area contributed by atoms with Gasteiger partial charge in [0, 0.05) is 13.1 Å². The number of hydrogen-bond donors (Lipinski definition) is 2. The van der Waals surface area contributed by atoms with Crippen LogP contribution in [0.15, 0.2) is 24.3 Å². The van der Waals surface area contributed by atoms with Gasteiger partial charge in [-0.1, -0.05) is 24.3 Å². The molecule has 0 radical (unpaired) electrons. The number of benzene rings is 1. The number of rotatable bonds is 3. The molecule has 18 heavy (non-hydrogen) atoms. The van der Waals surface area contributed by atoms with E-state index in [1.165, 1.54) is 0 Å². The van der Waals surface area contributed by atoms with Crippen LogP contribution in [0.25, 0.3) is 0 Å². The van der Waals surface area contributed by atoms with Crippen molar-refractivity contribution in [2.45, 2.75) is 26.1 Å². The van der Waals surface area contributed by atoms with Crippen molar-refractivity contribution in [2.24, 2.45) is 5.73 Å². The van der Waals surface area contributed by atoms with Crippen molar-refractivity contribution in [3.05, 3.63) is 35.4 Å². The van der Waals surface area contributed by atoms with Gasteiger partial charge >= 0.3 is 0 Å². The highest BCUT2D eigenvalue weighted by Gasteiger charge is 2.30. The topological polar surface area (TPSA) is 75.4 Å². The molecule has 2 rings (SSSR count). The fourth-order valence-corrected chi connectivity index (χ4v) is 2.09. The Morgan fingerprint density at radius 3 is 2.67 bits per heavy atom. The molecule has 2 amide bonds. The fraction of sp³-hybridized carbons (Fsp3) is 0.385. The Morgan fingerprint density at radius 2 is 2.00 bits per heavy atom. The average molecular weight is 247 g/mol. The van der Waals surface area contributed by atoms with E-state index in [4.69, 9.17) is 5.73 Å². The lowest BCUT2D eigenvalue weighted by Crippen LogP contribution is -2.56. The number of carbonyl (C=O) groups is 2. The second-order valence-electron chi connectivity index (χ2n) is 4.47. The molecule has 1 aliphatic heterocycles. The summed E-state index contributed by atoms with van der Waals surface area (Å²) in [5, 5.41) is 2.33. The number of nitrogens with zero attached hydrogens (tertiary/aromatic N) is 1. The van der Waals surface area contributed by atoms with Crippen molar-refractivity contribution in [3.8, 4) is 0 Å². The lowest BCUT2D eigenvalue weighted by molar-refractivity contribution is -0.139. The number of nitrogens with two attached hydrogens (primary N) is 1. The lowest BCUT2D eigenvalue weighted by Gasteiger charge is -2.32. The molecule has 0 bridgehead atoms. The van der Waals surface area contributed by atoms with Crippen LogP contribution < -0.4 is 11.1 Å². The van der Waals surface area contributed by atoms with Crippen molar-refractivity contribution in [1.29, 1.82) is 0 Å². The maximum absolute atomic E-state index is 11.6. The van der Waals surface area contributed by atoms with Gasteiger partial charge in [-0.3, -0.25) is 19.8 Å². The van der Waals surface area contributed by atoms with E-state index in [0.717, 1.165) is 11.1 Å². The van der Waals surface area contributed by atoms with E-state index in [-0.39, 0.29) is 24.4 Å². The van der Waals surface area contributed by atoms with Gasteiger partial charge in [-0.2, -0.15) is 0 Å². The van der Waals surface area contributed by atoms with Crippen LogP contribution in [0.3, 0.4) is 0 Å². The maximum atomic E-state index is 11.6. The number of imide groups is 1. The summed E-state index contributed by atoms with van der Waals surface area (Å²) >= 11 is 0. The highest BCUT2D eigenvalue weighted by atomic mass is 16.2. The number of nitrogens with one attached hydrogen (secondary N) is 1. The van der Waals surface area contributed by atoms with Gasteiger partial charge in [-0.15, -0.1) is 0 Å². The average Bonchev–Trinajstić information content (AvgIpc) is 2.36. The largest absolute Gasteiger partial charge is 0.326 e. The Labute approximate surface area is 106 Å². The van der Waals surface area contributed by atoms with Gasteiger partial charge < -0.3 is 5.73 Å². The molecule has 0 spiro atoms. The van der Waals surface area contributed by atoms with E-state index in [9.17, 15) is 9.59 Å². The Hall–Kier alpha value is -1.72. The number of carbonyl (C=O) groups excluding carboxylic acids is 2. The minimum Gasteiger partial charge on any atom is -0.326 e. The van der Waals surface area contributed by atoms with E-state index in [0.29, 0.717) is 13.1 Å². The first-order valence-electron chi connectivity index (χ1n) is 5.96. The smallest absolute Gasteiger partial charge is 0.243 e. The Kier molecular flexibility index (Phi) is 3.74. The third-order valence-corrected chi connectivity index (χ3v) is 3.25. The van der Waals surface area contributed by atoms with Crippen LogP contribution in [-0.2, 0) is 22.7 Å². The van der Waals surface area contributed by atoms with E-state index < -0.39 is 0 Å². The Bertz CT molecular complexity index is 473. The molecule has 3 N–H and O–H groups in total.